The molecule has 3 nitrogen and oxygen atoms in total. The van der Waals surface area contributed by atoms with E-state index in [-0.39, 0.29) is 11.7 Å². The Kier molecular flexibility index (Phi) is 4.16. The average molecular weight is 187 g/mol. The molecule has 0 aromatic heterocycles. The normalized spacial score (nSPS) is 23.3. The molecular formula is C10H21NO2. The van der Waals surface area contributed by atoms with Crippen molar-refractivity contribution in [2.45, 2.75) is 39.4 Å². The zero-order valence-electron chi connectivity index (χ0n) is 8.71. The number of hydrogen-bond donors (Lipinski definition) is 1. The van der Waals surface area contributed by atoms with Gasteiger partial charge in [0.2, 0.25) is 0 Å². The SMILES string of the molecule is CCC(C)(CCCN)C1OCCO1. The van der Waals surface area contributed by atoms with Gasteiger partial charge in [-0.25, -0.2) is 0 Å². The highest BCUT2D eigenvalue weighted by atomic mass is 16.7. The molecule has 13 heavy (non-hydrogen) atoms. The quantitative estimate of drug-likeness (QED) is 0.709. The fraction of sp³-hybridized carbons (Fsp3) is 1.00. The molecule has 0 aromatic rings. The summed E-state index contributed by atoms with van der Waals surface area (Å²) in [5, 5.41) is 0. The highest BCUT2D eigenvalue weighted by molar-refractivity contribution is 4.78. The van der Waals surface area contributed by atoms with Crippen LogP contribution in [0.3, 0.4) is 0 Å². The summed E-state index contributed by atoms with van der Waals surface area (Å²) in [5.74, 6) is 0. The molecule has 1 heterocycles. The summed E-state index contributed by atoms with van der Waals surface area (Å²) in [4.78, 5) is 0. The molecule has 1 atom stereocenters. The van der Waals surface area contributed by atoms with E-state index in [2.05, 4.69) is 13.8 Å². The Balaban J connectivity index is 2.45. The first kappa shape index (κ1) is 11.0. The van der Waals surface area contributed by atoms with Gasteiger partial charge in [-0.05, 0) is 25.8 Å². The Bertz CT molecular complexity index is 146. The predicted molar refractivity (Wildman–Crippen MR) is 52.4 cm³/mol. The fourth-order valence-electron chi connectivity index (χ4n) is 1.73. The minimum absolute atomic E-state index is 0.0101. The van der Waals surface area contributed by atoms with Gasteiger partial charge in [-0.1, -0.05) is 13.8 Å². The maximum atomic E-state index is 5.54. The van der Waals surface area contributed by atoms with Gasteiger partial charge >= 0.3 is 0 Å². The lowest BCUT2D eigenvalue weighted by Crippen LogP contribution is -2.33. The third kappa shape index (κ3) is 2.66. The first-order chi connectivity index (χ1) is 6.23. The van der Waals surface area contributed by atoms with Gasteiger partial charge in [-0.15, -0.1) is 0 Å². The summed E-state index contributed by atoms with van der Waals surface area (Å²) in [6, 6.07) is 0. The molecule has 1 unspecified atom stereocenters. The summed E-state index contributed by atoms with van der Waals surface area (Å²) < 4.78 is 11.1. The monoisotopic (exact) mass is 187 g/mol. The van der Waals surface area contributed by atoms with Crippen LogP contribution in [0, 0.1) is 5.41 Å². The molecule has 1 saturated heterocycles. The number of ether oxygens (including phenoxy) is 2. The maximum absolute atomic E-state index is 5.54. The van der Waals surface area contributed by atoms with E-state index in [1.54, 1.807) is 0 Å². The lowest BCUT2D eigenvalue weighted by Gasteiger charge is -2.32. The van der Waals surface area contributed by atoms with E-state index in [0.29, 0.717) is 0 Å². The molecule has 1 aliphatic rings. The number of rotatable bonds is 5. The van der Waals surface area contributed by atoms with E-state index < -0.39 is 0 Å². The van der Waals surface area contributed by atoms with Crippen molar-refractivity contribution in [2.75, 3.05) is 19.8 Å². The van der Waals surface area contributed by atoms with Crippen molar-refractivity contribution in [1.82, 2.24) is 0 Å². The van der Waals surface area contributed by atoms with Gasteiger partial charge in [-0.3, -0.25) is 0 Å². The molecule has 0 radical (unpaired) electrons. The molecule has 1 aliphatic heterocycles. The number of nitrogens with two attached hydrogens (primary N) is 1. The minimum Gasteiger partial charge on any atom is -0.350 e. The van der Waals surface area contributed by atoms with Gasteiger partial charge in [0.05, 0.1) is 13.2 Å². The van der Waals surface area contributed by atoms with Crippen LogP contribution in [0.2, 0.25) is 0 Å². The molecule has 3 heteroatoms. The van der Waals surface area contributed by atoms with Crippen LogP contribution in [0.4, 0.5) is 0 Å². The molecular weight excluding hydrogens is 166 g/mol. The van der Waals surface area contributed by atoms with Crippen LogP contribution in [-0.2, 0) is 9.47 Å². The summed E-state index contributed by atoms with van der Waals surface area (Å²) >= 11 is 0. The van der Waals surface area contributed by atoms with Gasteiger partial charge in [0, 0.05) is 5.41 Å². The molecule has 0 spiro atoms. The zero-order chi connectivity index (χ0) is 9.73. The third-order valence-corrected chi connectivity index (χ3v) is 2.95. The van der Waals surface area contributed by atoms with E-state index in [0.717, 1.165) is 39.0 Å². The van der Waals surface area contributed by atoms with Crippen molar-refractivity contribution >= 4 is 0 Å². The topological polar surface area (TPSA) is 44.5 Å². The zero-order valence-corrected chi connectivity index (χ0v) is 8.71. The van der Waals surface area contributed by atoms with Gasteiger partial charge in [0.1, 0.15) is 0 Å². The molecule has 2 N–H and O–H groups in total. The molecule has 78 valence electrons. The van der Waals surface area contributed by atoms with Crippen LogP contribution in [0.15, 0.2) is 0 Å². The molecule has 0 aliphatic carbocycles. The summed E-state index contributed by atoms with van der Waals surface area (Å²) in [7, 11) is 0. The predicted octanol–water partition coefficient (Wildman–Crippen LogP) is 1.51. The second-order valence-corrected chi connectivity index (χ2v) is 3.97. The Hall–Kier alpha value is -0.120. The van der Waals surface area contributed by atoms with Gasteiger partial charge in [-0.2, -0.15) is 0 Å². The van der Waals surface area contributed by atoms with Crippen molar-refractivity contribution in [3.05, 3.63) is 0 Å². The van der Waals surface area contributed by atoms with E-state index in [4.69, 9.17) is 15.2 Å². The summed E-state index contributed by atoms with van der Waals surface area (Å²) in [6.07, 6.45) is 3.21. The molecule has 1 fully saturated rings. The highest BCUT2D eigenvalue weighted by Crippen LogP contribution is 2.35. The Morgan fingerprint density at radius 1 is 1.38 bits per heavy atom. The van der Waals surface area contributed by atoms with E-state index in [1.165, 1.54) is 0 Å². The van der Waals surface area contributed by atoms with Gasteiger partial charge < -0.3 is 15.2 Å². The van der Waals surface area contributed by atoms with Crippen molar-refractivity contribution in [3.63, 3.8) is 0 Å². The molecule has 0 bridgehead atoms. The maximum Gasteiger partial charge on any atom is 0.163 e. The second-order valence-electron chi connectivity index (χ2n) is 3.97. The average Bonchev–Trinajstić information content (AvgIpc) is 2.67. The lowest BCUT2D eigenvalue weighted by atomic mass is 9.82. The summed E-state index contributed by atoms with van der Waals surface area (Å²) in [5.41, 5.74) is 5.66. The summed E-state index contributed by atoms with van der Waals surface area (Å²) in [6.45, 7) is 6.63. The number of hydrogen-bond acceptors (Lipinski definition) is 3. The molecule has 0 saturated carbocycles. The van der Waals surface area contributed by atoms with E-state index >= 15 is 0 Å². The Morgan fingerprint density at radius 2 is 2.00 bits per heavy atom. The van der Waals surface area contributed by atoms with Crippen LogP contribution in [-0.4, -0.2) is 26.0 Å². The largest absolute Gasteiger partial charge is 0.350 e. The van der Waals surface area contributed by atoms with Crippen molar-refractivity contribution in [3.8, 4) is 0 Å². The second kappa shape index (κ2) is 4.94. The van der Waals surface area contributed by atoms with E-state index in [9.17, 15) is 0 Å². The fourth-order valence-corrected chi connectivity index (χ4v) is 1.73. The lowest BCUT2D eigenvalue weighted by molar-refractivity contribution is -0.131. The standard InChI is InChI=1S/C10H21NO2/c1-3-10(2,5-4-6-11)9-12-7-8-13-9/h9H,3-8,11H2,1-2H3. The Morgan fingerprint density at radius 3 is 2.46 bits per heavy atom. The van der Waals surface area contributed by atoms with Crippen LogP contribution in [0.25, 0.3) is 0 Å². The van der Waals surface area contributed by atoms with Gasteiger partial charge in [0.15, 0.2) is 6.29 Å². The van der Waals surface area contributed by atoms with Crippen molar-refractivity contribution < 1.29 is 9.47 Å². The van der Waals surface area contributed by atoms with Crippen LogP contribution >= 0.6 is 0 Å². The van der Waals surface area contributed by atoms with Crippen LogP contribution in [0.5, 0.6) is 0 Å². The van der Waals surface area contributed by atoms with Crippen LogP contribution < -0.4 is 5.73 Å². The van der Waals surface area contributed by atoms with Crippen molar-refractivity contribution in [2.24, 2.45) is 11.1 Å². The van der Waals surface area contributed by atoms with Crippen LogP contribution in [0.1, 0.15) is 33.1 Å². The minimum atomic E-state index is -0.0101. The molecule has 0 amide bonds. The first-order valence-electron chi connectivity index (χ1n) is 5.16. The van der Waals surface area contributed by atoms with E-state index in [1.807, 2.05) is 0 Å². The van der Waals surface area contributed by atoms with Gasteiger partial charge in [0.25, 0.3) is 0 Å². The molecule has 1 rings (SSSR count). The third-order valence-electron chi connectivity index (χ3n) is 2.95. The van der Waals surface area contributed by atoms with Crippen molar-refractivity contribution in [1.29, 1.82) is 0 Å². The first-order valence-corrected chi connectivity index (χ1v) is 5.16. The highest BCUT2D eigenvalue weighted by Gasteiger charge is 2.36. The Labute approximate surface area is 80.6 Å². The molecule has 0 aromatic carbocycles. The smallest absolute Gasteiger partial charge is 0.163 e.